The van der Waals surface area contributed by atoms with E-state index < -0.39 is 15.1 Å². The maximum Gasteiger partial charge on any atom is 0.254 e. The van der Waals surface area contributed by atoms with Crippen molar-refractivity contribution >= 4 is 15.7 Å². The van der Waals surface area contributed by atoms with E-state index in [1.54, 1.807) is 24.3 Å². The Morgan fingerprint density at radius 1 is 0.897 bits per heavy atom. The molecule has 0 spiro atoms. The molecule has 5 heteroatoms. The Bertz CT molecular complexity index is 977. The SMILES string of the molecule is CC(C)(C)c1ccc(C(=O)N2C3CCC2CC(S(=O)(=O)c2ccccc2)C3)cc1. The van der Waals surface area contributed by atoms with Crippen molar-refractivity contribution in [3.05, 3.63) is 65.7 Å². The minimum absolute atomic E-state index is 0.00651. The number of carbonyl (C=O) groups excluding carboxylic acids is 1. The highest BCUT2D eigenvalue weighted by molar-refractivity contribution is 7.92. The van der Waals surface area contributed by atoms with Crippen LogP contribution in [0.3, 0.4) is 0 Å². The summed E-state index contributed by atoms with van der Waals surface area (Å²) in [4.78, 5) is 15.6. The molecular weight excluding hydrogens is 382 g/mol. The lowest BCUT2D eigenvalue weighted by Gasteiger charge is -2.38. The summed E-state index contributed by atoms with van der Waals surface area (Å²) in [6, 6.07) is 16.6. The van der Waals surface area contributed by atoms with Gasteiger partial charge >= 0.3 is 0 Å². The van der Waals surface area contributed by atoms with E-state index in [1.807, 2.05) is 35.2 Å². The highest BCUT2D eigenvalue weighted by Crippen LogP contribution is 2.40. The Hall–Kier alpha value is -2.14. The average Bonchev–Trinajstić information content (AvgIpc) is 2.96. The van der Waals surface area contributed by atoms with Gasteiger partial charge in [0.05, 0.1) is 10.1 Å². The lowest BCUT2D eigenvalue weighted by Crippen LogP contribution is -2.49. The number of amides is 1. The first-order chi connectivity index (χ1) is 13.7. The van der Waals surface area contributed by atoms with Crippen molar-refractivity contribution < 1.29 is 13.2 Å². The molecule has 0 aromatic heterocycles. The van der Waals surface area contributed by atoms with Crippen LogP contribution in [0, 0.1) is 0 Å². The second-order valence-electron chi connectivity index (χ2n) is 9.38. The van der Waals surface area contributed by atoms with Crippen LogP contribution < -0.4 is 0 Å². The smallest absolute Gasteiger partial charge is 0.254 e. The van der Waals surface area contributed by atoms with E-state index in [0.717, 1.165) is 12.8 Å². The molecule has 2 aliphatic rings. The first-order valence-corrected chi connectivity index (χ1v) is 11.9. The Labute approximate surface area is 173 Å². The predicted molar refractivity (Wildman–Crippen MR) is 115 cm³/mol. The number of benzene rings is 2. The molecule has 2 saturated heterocycles. The van der Waals surface area contributed by atoms with Gasteiger partial charge in [0.15, 0.2) is 9.84 Å². The quantitative estimate of drug-likeness (QED) is 0.742. The standard InChI is InChI=1S/C24H29NO3S/c1-24(2,3)18-11-9-17(10-12-18)23(26)25-19-13-14-20(25)16-22(15-19)29(27,28)21-7-5-4-6-8-21/h4-12,19-20,22H,13-16H2,1-3H3. The zero-order chi connectivity index (χ0) is 20.8. The second-order valence-corrected chi connectivity index (χ2v) is 11.6. The summed E-state index contributed by atoms with van der Waals surface area (Å²) < 4.78 is 26.2. The normalized spacial score (nSPS) is 24.5. The molecule has 2 bridgehead atoms. The van der Waals surface area contributed by atoms with Crippen molar-refractivity contribution in [3.8, 4) is 0 Å². The van der Waals surface area contributed by atoms with Crippen LogP contribution in [0.25, 0.3) is 0 Å². The molecule has 154 valence electrons. The molecule has 2 aromatic rings. The van der Waals surface area contributed by atoms with E-state index >= 15 is 0 Å². The second kappa shape index (κ2) is 7.28. The Morgan fingerprint density at radius 3 is 1.97 bits per heavy atom. The summed E-state index contributed by atoms with van der Waals surface area (Å²) in [6.45, 7) is 6.46. The molecule has 0 N–H and O–H groups in total. The van der Waals surface area contributed by atoms with Crippen molar-refractivity contribution in [1.29, 1.82) is 0 Å². The van der Waals surface area contributed by atoms with Crippen LogP contribution in [-0.4, -0.2) is 36.6 Å². The monoisotopic (exact) mass is 411 g/mol. The maximum absolute atomic E-state index is 13.2. The number of piperidine rings is 1. The summed E-state index contributed by atoms with van der Waals surface area (Å²) in [5.74, 6) is 0.0357. The predicted octanol–water partition coefficient (Wildman–Crippen LogP) is 4.59. The molecular formula is C24H29NO3S. The van der Waals surface area contributed by atoms with Crippen molar-refractivity contribution in [2.75, 3.05) is 0 Å². The fraction of sp³-hybridized carbons (Fsp3) is 0.458. The van der Waals surface area contributed by atoms with Crippen molar-refractivity contribution in [2.24, 2.45) is 0 Å². The van der Waals surface area contributed by atoms with Gasteiger partial charge in [-0.1, -0.05) is 51.1 Å². The molecule has 0 radical (unpaired) electrons. The summed E-state index contributed by atoms with van der Waals surface area (Å²) in [6.07, 6.45) is 2.83. The summed E-state index contributed by atoms with van der Waals surface area (Å²) in [5.41, 5.74) is 1.94. The molecule has 2 atom stereocenters. The summed E-state index contributed by atoms with van der Waals surface area (Å²) in [7, 11) is -3.36. The van der Waals surface area contributed by atoms with E-state index in [0.29, 0.717) is 23.3 Å². The number of fused-ring (bicyclic) bond motifs is 2. The highest BCUT2D eigenvalue weighted by atomic mass is 32.2. The third-order valence-corrected chi connectivity index (χ3v) is 8.62. The molecule has 2 unspecified atom stereocenters. The molecule has 0 saturated carbocycles. The lowest BCUT2D eigenvalue weighted by atomic mass is 9.86. The third kappa shape index (κ3) is 3.73. The van der Waals surface area contributed by atoms with Crippen molar-refractivity contribution in [3.63, 3.8) is 0 Å². The van der Waals surface area contributed by atoms with Gasteiger partial charge in [0, 0.05) is 17.6 Å². The van der Waals surface area contributed by atoms with Crippen molar-refractivity contribution in [2.45, 2.75) is 74.1 Å². The first kappa shape index (κ1) is 20.1. The van der Waals surface area contributed by atoms with E-state index in [-0.39, 0.29) is 23.4 Å². The minimum atomic E-state index is -3.36. The topological polar surface area (TPSA) is 54.5 Å². The number of sulfone groups is 1. The van der Waals surface area contributed by atoms with Crippen molar-refractivity contribution in [1.82, 2.24) is 4.90 Å². The Kier molecular flexibility index (Phi) is 5.06. The average molecular weight is 412 g/mol. The zero-order valence-electron chi connectivity index (χ0n) is 17.3. The molecule has 1 amide bonds. The lowest BCUT2D eigenvalue weighted by molar-refractivity contribution is 0.0598. The van der Waals surface area contributed by atoms with Gasteiger partial charge in [-0.15, -0.1) is 0 Å². The van der Waals surface area contributed by atoms with Crippen LogP contribution in [0.4, 0.5) is 0 Å². The van der Waals surface area contributed by atoms with Gasteiger partial charge in [0.25, 0.3) is 5.91 Å². The Morgan fingerprint density at radius 2 is 1.45 bits per heavy atom. The van der Waals surface area contributed by atoms with E-state index in [9.17, 15) is 13.2 Å². The van der Waals surface area contributed by atoms with E-state index in [2.05, 4.69) is 20.8 Å². The number of nitrogens with zero attached hydrogens (tertiary/aromatic N) is 1. The summed E-state index contributed by atoms with van der Waals surface area (Å²) in [5, 5.41) is -0.408. The van der Waals surface area contributed by atoms with Crippen LogP contribution >= 0.6 is 0 Å². The van der Waals surface area contributed by atoms with Crippen LogP contribution in [-0.2, 0) is 15.3 Å². The van der Waals surface area contributed by atoms with Gasteiger partial charge < -0.3 is 4.90 Å². The first-order valence-electron chi connectivity index (χ1n) is 10.4. The summed E-state index contributed by atoms with van der Waals surface area (Å²) >= 11 is 0. The zero-order valence-corrected chi connectivity index (χ0v) is 18.2. The van der Waals surface area contributed by atoms with Gasteiger partial charge in [-0.25, -0.2) is 8.42 Å². The maximum atomic E-state index is 13.2. The van der Waals surface area contributed by atoms with Gasteiger partial charge in [0.2, 0.25) is 0 Å². The number of carbonyl (C=O) groups is 1. The Balaban J connectivity index is 1.53. The molecule has 4 nitrogen and oxygen atoms in total. The van der Waals surface area contributed by atoms with E-state index in [4.69, 9.17) is 0 Å². The number of hydrogen-bond acceptors (Lipinski definition) is 3. The van der Waals surface area contributed by atoms with Crippen LogP contribution in [0.1, 0.15) is 62.4 Å². The van der Waals surface area contributed by atoms with Crippen LogP contribution in [0.2, 0.25) is 0 Å². The number of rotatable bonds is 3. The molecule has 0 aliphatic carbocycles. The molecule has 4 rings (SSSR count). The molecule has 2 aromatic carbocycles. The van der Waals surface area contributed by atoms with Gasteiger partial charge in [0.1, 0.15) is 0 Å². The minimum Gasteiger partial charge on any atom is -0.333 e. The fourth-order valence-electron chi connectivity index (χ4n) is 4.78. The molecule has 2 heterocycles. The fourth-order valence-corrected chi connectivity index (χ4v) is 6.65. The largest absolute Gasteiger partial charge is 0.333 e. The third-order valence-electron chi connectivity index (χ3n) is 6.43. The molecule has 29 heavy (non-hydrogen) atoms. The van der Waals surface area contributed by atoms with Gasteiger partial charge in [-0.3, -0.25) is 4.79 Å². The molecule has 2 aliphatic heterocycles. The van der Waals surface area contributed by atoms with E-state index in [1.165, 1.54) is 5.56 Å². The number of hydrogen-bond donors (Lipinski definition) is 0. The van der Waals surface area contributed by atoms with Gasteiger partial charge in [-0.2, -0.15) is 0 Å². The van der Waals surface area contributed by atoms with Crippen LogP contribution in [0.5, 0.6) is 0 Å². The van der Waals surface area contributed by atoms with Gasteiger partial charge in [-0.05, 0) is 60.9 Å². The highest BCUT2D eigenvalue weighted by Gasteiger charge is 2.47. The van der Waals surface area contributed by atoms with Crippen LogP contribution in [0.15, 0.2) is 59.5 Å². The molecule has 2 fully saturated rings.